The molecule has 0 saturated heterocycles. The third kappa shape index (κ3) is 3.20. The molecule has 1 heterocycles. The van der Waals surface area contributed by atoms with Crippen molar-refractivity contribution in [3.8, 4) is 0 Å². The predicted octanol–water partition coefficient (Wildman–Crippen LogP) is 0.907. The third-order valence-electron chi connectivity index (χ3n) is 1.84. The molecule has 1 aromatic heterocycles. The van der Waals surface area contributed by atoms with Gasteiger partial charge in [-0.25, -0.2) is 9.78 Å². The molecule has 1 amide bonds. The fourth-order valence-corrected chi connectivity index (χ4v) is 2.12. The van der Waals surface area contributed by atoms with Crippen molar-refractivity contribution in [2.75, 3.05) is 5.32 Å². The number of carbonyl (C=O) groups is 2. The lowest BCUT2D eigenvalue weighted by Gasteiger charge is -2.25. The highest BCUT2D eigenvalue weighted by Gasteiger charge is 2.24. The molecular weight excluding hydrogens is 230 g/mol. The zero-order chi connectivity index (χ0) is 12.3. The number of carboxylic acid groups (broad SMARTS) is 1. The Morgan fingerprint density at radius 2 is 2.25 bits per heavy atom. The molecule has 0 spiro atoms. The van der Waals surface area contributed by atoms with Crippen LogP contribution >= 0.6 is 11.3 Å². The fourth-order valence-electron chi connectivity index (χ4n) is 1.27. The molecule has 6 nitrogen and oxygen atoms in total. The number of hydrogen-bond acceptors (Lipinski definition) is 5. The molecule has 16 heavy (non-hydrogen) atoms. The van der Waals surface area contributed by atoms with Crippen LogP contribution in [0.3, 0.4) is 0 Å². The Hall–Kier alpha value is -1.63. The lowest BCUT2D eigenvalue weighted by molar-refractivity contribution is -0.118. The maximum Gasteiger partial charge on any atom is 0.357 e. The number of nitrogens with one attached hydrogen (secondary N) is 1. The van der Waals surface area contributed by atoms with Crippen molar-refractivity contribution in [1.29, 1.82) is 0 Å². The summed E-state index contributed by atoms with van der Waals surface area (Å²) in [5, 5.41) is 12.2. The number of aromatic nitrogens is 1. The van der Waals surface area contributed by atoms with Crippen molar-refractivity contribution in [1.82, 2.24) is 4.98 Å². The van der Waals surface area contributed by atoms with E-state index in [1.165, 1.54) is 16.8 Å². The average Bonchev–Trinajstić information content (AvgIpc) is 2.48. The van der Waals surface area contributed by atoms with Gasteiger partial charge in [0.1, 0.15) is 5.00 Å². The zero-order valence-electron chi connectivity index (χ0n) is 8.98. The van der Waals surface area contributed by atoms with E-state index in [9.17, 15) is 9.59 Å². The van der Waals surface area contributed by atoms with Crippen LogP contribution in [0.15, 0.2) is 5.51 Å². The van der Waals surface area contributed by atoms with Crippen LogP contribution in [0.2, 0.25) is 0 Å². The third-order valence-corrected chi connectivity index (χ3v) is 2.58. The molecule has 7 heteroatoms. The second-order valence-electron chi connectivity index (χ2n) is 3.99. The minimum absolute atomic E-state index is 0.0393. The van der Waals surface area contributed by atoms with Gasteiger partial charge >= 0.3 is 5.97 Å². The minimum Gasteiger partial charge on any atom is -0.476 e. The lowest BCUT2D eigenvalue weighted by atomic mass is 10.0. The Labute approximate surface area is 96.5 Å². The van der Waals surface area contributed by atoms with Gasteiger partial charge in [0.2, 0.25) is 5.91 Å². The molecule has 0 saturated carbocycles. The number of nitrogens with zero attached hydrogens (tertiary/aromatic N) is 1. The number of anilines is 1. The molecule has 0 aliphatic heterocycles. The maximum absolute atomic E-state index is 10.8. The first-order chi connectivity index (χ1) is 7.32. The van der Waals surface area contributed by atoms with E-state index in [0.29, 0.717) is 5.00 Å². The van der Waals surface area contributed by atoms with E-state index in [1.807, 2.05) is 0 Å². The molecule has 0 aliphatic rings. The van der Waals surface area contributed by atoms with Gasteiger partial charge in [-0.2, -0.15) is 0 Å². The van der Waals surface area contributed by atoms with Crippen LogP contribution in [0.5, 0.6) is 0 Å². The molecule has 1 rings (SSSR count). The average molecular weight is 243 g/mol. The Balaban J connectivity index is 2.83. The van der Waals surface area contributed by atoms with Gasteiger partial charge < -0.3 is 16.2 Å². The van der Waals surface area contributed by atoms with Crippen molar-refractivity contribution in [3.63, 3.8) is 0 Å². The SMILES string of the molecule is CC(C)(CC(N)=O)Nc1scnc1C(=O)O. The maximum atomic E-state index is 10.8. The van der Waals surface area contributed by atoms with Gasteiger partial charge in [0.25, 0.3) is 0 Å². The second-order valence-corrected chi connectivity index (χ2v) is 4.84. The number of hydrogen-bond donors (Lipinski definition) is 3. The standard InChI is InChI=1S/C9H13N3O3S/c1-9(2,3-5(10)13)12-7-6(8(14)15)11-4-16-7/h4,12H,3H2,1-2H3,(H2,10,13)(H,14,15). The summed E-state index contributed by atoms with van der Waals surface area (Å²) in [5.41, 5.74) is 5.90. The van der Waals surface area contributed by atoms with Gasteiger partial charge in [-0.3, -0.25) is 4.79 Å². The first-order valence-electron chi connectivity index (χ1n) is 4.55. The van der Waals surface area contributed by atoms with E-state index >= 15 is 0 Å². The normalized spacial score (nSPS) is 11.1. The van der Waals surface area contributed by atoms with E-state index in [0.717, 1.165) is 0 Å². The molecule has 4 N–H and O–H groups in total. The summed E-state index contributed by atoms with van der Waals surface area (Å²) < 4.78 is 0. The summed E-state index contributed by atoms with van der Waals surface area (Å²) >= 11 is 1.18. The summed E-state index contributed by atoms with van der Waals surface area (Å²) in [5.74, 6) is -1.54. The van der Waals surface area contributed by atoms with Crippen molar-refractivity contribution < 1.29 is 14.7 Å². The van der Waals surface area contributed by atoms with Crippen LogP contribution in [-0.4, -0.2) is 27.5 Å². The smallest absolute Gasteiger partial charge is 0.357 e. The first-order valence-corrected chi connectivity index (χ1v) is 5.43. The number of aromatic carboxylic acids is 1. The number of thiazole rings is 1. The monoisotopic (exact) mass is 243 g/mol. The molecular formula is C9H13N3O3S. The van der Waals surface area contributed by atoms with Crippen molar-refractivity contribution in [3.05, 3.63) is 11.2 Å². The molecule has 0 unspecified atom stereocenters. The van der Waals surface area contributed by atoms with Crippen LogP contribution < -0.4 is 11.1 Å². The molecule has 88 valence electrons. The summed E-state index contributed by atoms with van der Waals surface area (Å²) in [4.78, 5) is 25.3. The van der Waals surface area contributed by atoms with E-state index < -0.39 is 17.4 Å². The Kier molecular flexibility index (Phi) is 3.48. The van der Waals surface area contributed by atoms with E-state index in [4.69, 9.17) is 10.8 Å². The van der Waals surface area contributed by atoms with Gasteiger partial charge in [-0.15, -0.1) is 11.3 Å². The summed E-state index contributed by atoms with van der Waals surface area (Å²) in [6.45, 7) is 3.53. The molecule has 1 aromatic rings. The lowest BCUT2D eigenvalue weighted by Crippen LogP contribution is -2.36. The Bertz CT molecular complexity index is 414. The van der Waals surface area contributed by atoms with E-state index in [2.05, 4.69) is 10.3 Å². The van der Waals surface area contributed by atoms with E-state index in [-0.39, 0.29) is 12.1 Å². The Morgan fingerprint density at radius 1 is 1.62 bits per heavy atom. The van der Waals surface area contributed by atoms with Gasteiger partial charge in [-0.05, 0) is 13.8 Å². The Morgan fingerprint density at radius 3 is 2.75 bits per heavy atom. The van der Waals surface area contributed by atoms with Crippen LogP contribution in [0.4, 0.5) is 5.00 Å². The van der Waals surface area contributed by atoms with Gasteiger partial charge in [0.05, 0.1) is 5.51 Å². The van der Waals surface area contributed by atoms with Crippen molar-refractivity contribution >= 4 is 28.2 Å². The van der Waals surface area contributed by atoms with Crippen molar-refractivity contribution in [2.45, 2.75) is 25.8 Å². The minimum atomic E-state index is -1.10. The molecule has 0 atom stereocenters. The number of carboxylic acids is 1. The summed E-state index contributed by atoms with van der Waals surface area (Å²) in [7, 11) is 0. The van der Waals surface area contributed by atoms with E-state index in [1.54, 1.807) is 13.8 Å². The highest BCUT2D eigenvalue weighted by Crippen LogP contribution is 2.25. The molecule has 0 fully saturated rings. The quantitative estimate of drug-likeness (QED) is 0.712. The fraction of sp³-hybridized carbons (Fsp3) is 0.444. The topological polar surface area (TPSA) is 105 Å². The van der Waals surface area contributed by atoms with Gasteiger partial charge in [0, 0.05) is 12.0 Å². The summed E-state index contributed by atoms with van der Waals surface area (Å²) in [6, 6.07) is 0. The number of rotatable bonds is 5. The van der Waals surface area contributed by atoms with Gasteiger partial charge in [-0.1, -0.05) is 0 Å². The van der Waals surface area contributed by atoms with Gasteiger partial charge in [0.15, 0.2) is 5.69 Å². The summed E-state index contributed by atoms with van der Waals surface area (Å²) in [6.07, 6.45) is 0.115. The van der Waals surface area contributed by atoms with Crippen LogP contribution in [0.1, 0.15) is 30.8 Å². The molecule has 0 aliphatic carbocycles. The number of amides is 1. The first kappa shape index (κ1) is 12.4. The molecule has 0 aromatic carbocycles. The van der Waals surface area contributed by atoms with Crippen molar-refractivity contribution in [2.24, 2.45) is 5.73 Å². The van der Waals surface area contributed by atoms with Crippen LogP contribution in [0.25, 0.3) is 0 Å². The molecule has 0 radical (unpaired) electrons. The number of nitrogens with two attached hydrogens (primary N) is 1. The van der Waals surface area contributed by atoms with Crippen LogP contribution in [-0.2, 0) is 4.79 Å². The second kappa shape index (κ2) is 4.48. The largest absolute Gasteiger partial charge is 0.476 e. The highest BCUT2D eigenvalue weighted by molar-refractivity contribution is 7.14. The molecule has 0 bridgehead atoms. The van der Waals surface area contributed by atoms with Crippen LogP contribution in [0, 0.1) is 0 Å². The number of primary amides is 1. The highest BCUT2D eigenvalue weighted by atomic mass is 32.1. The zero-order valence-corrected chi connectivity index (χ0v) is 9.80. The predicted molar refractivity (Wildman–Crippen MR) is 60.6 cm³/mol. The number of carbonyl (C=O) groups excluding carboxylic acids is 1.